The molecular weight excluding hydrogens is 416 g/mol. The van der Waals surface area contributed by atoms with E-state index in [0.29, 0.717) is 4.57 Å². The Balaban J connectivity index is 1.78. The van der Waals surface area contributed by atoms with Gasteiger partial charge < -0.3 is 19.7 Å². The number of anilines is 1. The predicted octanol–water partition coefficient (Wildman–Crippen LogP) is 2.82. The van der Waals surface area contributed by atoms with Gasteiger partial charge in [-0.15, -0.1) is 0 Å². The molecule has 1 amide bonds. The molecule has 1 aliphatic rings. The minimum atomic E-state index is -3.80. The molecule has 1 saturated heterocycles. The summed E-state index contributed by atoms with van der Waals surface area (Å²) in [5, 5.41) is 20.9. The zero-order valence-corrected chi connectivity index (χ0v) is 17.6. The number of carbonyl (C=O) groups excluding carboxylic acids is 1. The van der Waals surface area contributed by atoms with Crippen LogP contribution in [-0.4, -0.2) is 57.2 Å². The number of amides is 1. The second-order valence-corrected chi connectivity index (χ2v) is 7.57. The first-order chi connectivity index (χ1) is 14.8. The van der Waals surface area contributed by atoms with Gasteiger partial charge in [-0.3, -0.25) is 9.88 Å². The van der Waals surface area contributed by atoms with Crippen LogP contribution in [0.25, 0.3) is 0 Å². The van der Waals surface area contributed by atoms with Crippen LogP contribution in [0, 0.1) is 0 Å². The summed E-state index contributed by atoms with van der Waals surface area (Å²) in [5.74, 6) is -3.97. The van der Waals surface area contributed by atoms with E-state index in [1.54, 1.807) is 0 Å². The van der Waals surface area contributed by atoms with E-state index >= 15 is 0 Å². The standard InChI is InChI=1S/C20H31F2N3O6/c1-2-3-4-5-6-7-8-9-12-30-19(29)24-15-10-11-25(18(28)23-15)17-20(21,22)16(27)14(13-26)31-17/h10-11,14,16-17,26-27H,2-9,12-13H2,1H3,(H,23,24,28,29). The van der Waals surface area contributed by atoms with Crippen molar-refractivity contribution < 1.29 is 33.3 Å². The van der Waals surface area contributed by atoms with Crippen LogP contribution in [0.2, 0.25) is 0 Å². The minimum Gasteiger partial charge on any atom is -0.449 e. The summed E-state index contributed by atoms with van der Waals surface area (Å²) in [4.78, 5) is 27.5. The summed E-state index contributed by atoms with van der Waals surface area (Å²) in [6, 6.07) is 1.14. The maximum absolute atomic E-state index is 14.2. The van der Waals surface area contributed by atoms with Crippen LogP contribution in [0.3, 0.4) is 0 Å². The van der Waals surface area contributed by atoms with Crippen LogP contribution >= 0.6 is 0 Å². The Kier molecular flexibility index (Phi) is 9.79. The van der Waals surface area contributed by atoms with Crippen molar-refractivity contribution in [2.75, 3.05) is 18.5 Å². The molecule has 2 rings (SSSR count). The number of unbranched alkanes of at least 4 members (excludes halogenated alkanes) is 7. The Morgan fingerprint density at radius 2 is 1.90 bits per heavy atom. The highest BCUT2D eigenvalue weighted by atomic mass is 19.3. The van der Waals surface area contributed by atoms with E-state index in [1.165, 1.54) is 25.7 Å². The lowest BCUT2D eigenvalue weighted by Gasteiger charge is -2.21. The van der Waals surface area contributed by atoms with Crippen molar-refractivity contribution >= 4 is 11.9 Å². The van der Waals surface area contributed by atoms with Gasteiger partial charge in [-0.2, -0.15) is 13.8 Å². The highest BCUT2D eigenvalue weighted by molar-refractivity contribution is 5.83. The van der Waals surface area contributed by atoms with Crippen molar-refractivity contribution in [3.05, 3.63) is 22.7 Å². The number of hydrogen-bond acceptors (Lipinski definition) is 7. The molecule has 2 heterocycles. The molecule has 176 valence electrons. The third-order valence-electron chi connectivity index (χ3n) is 5.10. The Morgan fingerprint density at radius 1 is 1.26 bits per heavy atom. The topological polar surface area (TPSA) is 123 Å². The van der Waals surface area contributed by atoms with Crippen molar-refractivity contribution in [1.29, 1.82) is 0 Å². The van der Waals surface area contributed by atoms with Gasteiger partial charge in [0.15, 0.2) is 6.10 Å². The Hall–Kier alpha value is -2.11. The summed E-state index contributed by atoms with van der Waals surface area (Å²) < 4.78 is 38.7. The predicted molar refractivity (Wildman–Crippen MR) is 108 cm³/mol. The molecule has 0 spiro atoms. The van der Waals surface area contributed by atoms with Gasteiger partial charge in [0.05, 0.1) is 13.2 Å². The second kappa shape index (κ2) is 12.1. The van der Waals surface area contributed by atoms with Gasteiger partial charge in [0, 0.05) is 6.20 Å². The highest BCUT2D eigenvalue weighted by Gasteiger charge is 2.59. The Labute approximate surface area is 179 Å². The number of ether oxygens (including phenoxy) is 2. The second-order valence-electron chi connectivity index (χ2n) is 7.57. The summed E-state index contributed by atoms with van der Waals surface area (Å²) >= 11 is 0. The Morgan fingerprint density at radius 3 is 2.48 bits per heavy atom. The number of alkyl halides is 2. The average molecular weight is 447 g/mol. The molecule has 1 fully saturated rings. The summed E-state index contributed by atoms with van der Waals surface area (Å²) in [5.41, 5.74) is -1.11. The SMILES string of the molecule is CCCCCCCCCCOC(=O)Nc1ccn(C2OC(CO)C(O)C2(F)F)c(=O)n1. The largest absolute Gasteiger partial charge is 0.449 e. The summed E-state index contributed by atoms with van der Waals surface area (Å²) in [6.07, 6.45) is 3.07. The molecule has 0 aromatic carbocycles. The lowest BCUT2D eigenvalue weighted by atomic mass is 10.1. The van der Waals surface area contributed by atoms with Gasteiger partial charge in [-0.05, 0) is 12.5 Å². The smallest absolute Gasteiger partial charge is 0.412 e. The number of aromatic nitrogens is 2. The summed E-state index contributed by atoms with van der Waals surface area (Å²) in [7, 11) is 0. The van der Waals surface area contributed by atoms with E-state index < -0.39 is 42.7 Å². The van der Waals surface area contributed by atoms with Crippen LogP contribution in [0.4, 0.5) is 19.4 Å². The number of nitrogens with zero attached hydrogens (tertiary/aromatic N) is 2. The van der Waals surface area contributed by atoms with Crippen LogP contribution in [-0.2, 0) is 9.47 Å². The molecule has 31 heavy (non-hydrogen) atoms. The van der Waals surface area contributed by atoms with Gasteiger partial charge in [-0.1, -0.05) is 51.9 Å². The van der Waals surface area contributed by atoms with Crippen LogP contribution in [0.1, 0.15) is 64.5 Å². The van der Waals surface area contributed by atoms with Gasteiger partial charge in [0.1, 0.15) is 11.9 Å². The van der Waals surface area contributed by atoms with E-state index in [1.807, 2.05) is 0 Å². The number of aliphatic hydroxyl groups is 2. The highest BCUT2D eigenvalue weighted by Crippen LogP contribution is 2.41. The van der Waals surface area contributed by atoms with Crippen LogP contribution < -0.4 is 11.0 Å². The van der Waals surface area contributed by atoms with Gasteiger partial charge in [0.25, 0.3) is 0 Å². The molecule has 1 aliphatic heterocycles. The lowest BCUT2D eigenvalue weighted by molar-refractivity contribution is -0.140. The molecule has 1 aromatic heterocycles. The average Bonchev–Trinajstić information content (AvgIpc) is 2.96. The van der Waals surface area contributed by atoms with Crippen molar-refractivity contribution in [3.63, 3.8) is 0 Å². The third kappa shape index (κ3) is 6.94. The first kappa shape index (κ1) is 25.2. The molecule has 9 nitrogen and oxygen atoms in total. The van der Waals surface area contributed by atoms with Crippen molar-refractivity contribution in [2.24, 2.45) is 0 Å². The van der Waals surface area contributed by atoms with Gasteiger partial charge in [0.2, 0.25) is 6.23 Å². The maximum Gasteiger partial charge on any atom is 0.412 e. The van der Waals surface area contributed by atoms with Gasteiger partial charge in [-0.25, -0.2) is 9.59 Å². The quantitative estimate of drug-likeness (QED) is 0.421. The number of hydrogen-bond donors (Lipinski definition) is 3. The van der Waals surface area contributed by atoms with Crippen molar-refractivity contribution in [2.45, 2.75) is 82.6 Å². The molecule has 0 bridgehead atoms. The number of nitrogens with one attached hydrogen (secondary N) is 1. The van der Waals surface area contributed by atoms with E-state index in [0.717, 1.165) is 37.9 Å². The molecular formula is C20H31F2N3O6. The number of carbonyl (C=O) groups is 1. The first-order valence-electron chi connectivity index (χ1n) is 10.7. The molecule has 0 radical (unpaired) electrons. The molecule has 11 heteroatoms. The maximum atomic E-state index is 14.2. The van der Waals surface area contributed by atoms with Crippen molar-refractivity contribution in [1.82, 2.24) is 9.55 Å². The zero-order chi connectivity index (χ0) is 22.9. The van der Waals surface area contributed by atoms with E-state index in [2.05, 4.69) is 17.2 Å². The molecule has 3 atom stereocenters. The number of rotatable bonds is 12. The number of halogens is 2. The monoisotopic (exact) mass is 447 g/mol. The van der Waals surface area contributed by atoms with E-state index in [4.69, 9.17) is 14.6 Å². The fourth-order valence-electron chi connectivity index (χ4n) is 3.32. The first-order valence-corrected chi connectivity index (χ1v) is 10.7. The Bertz CT molecular complexity index is 761. The molecule has 3 N–H and O–H groups in total. The van der Waals surface area contributed by atoms with Crippen molar-refractivity contribution in [3.8, 4) is 0 Å². The number of aliphatic hydroxyl groups excluding tert-OH is 2. The fourth-order valence-corrected chi connectivity index (χ4v) is 3.32. The third-order valence-corrected chi connectivity index (χ3v) is 5.10. The molecule has 3 unspecified atom stereocenters. The molecule has 0 aliphatic carbocycles. The zero-order valence-electron chi connectivity index (χ0n) is 17.6. The van der Waals surface area contributed by atoms with E-state index in [9.17, 15) is 23.5 Å². The fraction of sp³-hybridized carbons (Fsp3) is 0.750. The normalized spacial score (nSPS) is 22.4. The van der Waals surface area contributed by atoms with Crippen LogP contribution in [0.5, 0.6) is 0 Å². The lowest BCUT2D eigenvalue weighted by Crippen LogP contribution is -2.41. The van der Waals surface area contributed by atoms with Crippen LogP contribution in [0.15, 0.2) is 17.1 Å². The van der Waals surface area contributed by atoms with E-state index in [-0.39, 0.29) is 12.4 Å². The van der Waals surface area contributed by atoms with Gasteiger partial charge >= 0.3 is 17.7 Å². The minimum absolute atomic E-state index is 0.164. The molecule has 1 aromatic rings. The molecule has 0 saturated carbocycles. The summed E-state index contributed by atoms with van der Waals surface area (Å²) in [6.45, 7) is 1.56.